The molecule has 0 bridgehead atoms. The molecule has 0 fully saturated rings. The molecule has 0 aliphatic rings. The number of rotatable bonds is 3. The van der Waals surface area contributed by atoms with E-state index >= 15 is 0 Å². The molecule has 0 amide bonds. The predicted molar refractivity (Wildman–Crippen MR) is 99.1 cm³/mol. The van der Waals surface area contributed by atoms with Crippen LogP contribution >= 0.6 is 0 Å². The monoisotopic (exact) mass is 312 g/mol. The van der Waals surface area contributed by atoms with Crippen molar-refractivity contribution in [3.63, 3.8) is 0 Å². The summed E-state index contributed by atoms with van der Waals surface area (Å²) in [6.45, 7) is 0. The zero-order chi connectivity index (χ0) is 16.4. The molecule has 0 radical (unpaired) electrons. The van der Waals surface area contributed by atoms with Crippen molar-refractivity contribution >= 4 is 22.8 Å². The van der Waals surface area contributed by atoms with Crippen molar-refractivity contribution in [2.45, 2.75) is 0 Å². The quantitative estimate of drug-likeness (QED) is 0.496. The lowest BCUT2D eigenvalue weighted by Gasteiger charge is -2.01. The average Bonchev–Trinajstić information content (AvgIpc) is 2.99. The number of aromatic hydroxyl groups is 1. The van der Waals surface area contributed by atoms with Gasteiger partial charge < -0.3 is 10.1 Å². The minimum absolute atomic E-state index is 0.237. The zero-order valence-electron chi connectivity index (χ0n) is 13.0. The number of aromatic nitrogens is 1. The number of phenols is 1. The van der Waals surface area contributed by atoms with Gasteiger partial charge in [-0.3, -0.25) is 4.99 Å². The Hall–Kier alpha value is -3.33. The van der Waals surface area contributed by atoms with E-state index in [1.807, 2.05) is 42.5 Å². The van der Waals surface area contributed by atoms with Crippen molar-refractivity contribution in [1.82, 2.24) is 4.98 Å². The maximum absolute atomic E-state index is 9.61. The normalized spacial score (nSPS) is 11.3. The van der Waals surface area contributed by atoms with E-state index in [9.17, 15) is 5.11 Å². The molecule has 0 atom stereocenters. The van der Waals surface area contributed by atoms with Gasteiger partial charge in [0, 0.05) is 22.7 Å². The summed E-state index contributed by atoms with van der Waals surface area (Å²) in [6.07, 6.45) is 1.78. The van der Waals surface area contributed by atoms with Crippen molar-refractivity contribution in [3.8, 4) is 17.0 Å². The molecule has 0 unspecified atom stereocenters. The van der Waals surface area contributed by atoms with Gasteiger partial charge in [-0.15, -0.1) is 0 Å². The van der Waals surface area contributed by atoms with Crippen LogP contribution in [0.5, 0.6) is 5.75 Å². The SMILES string of the molecule is Oc1cccc(C=Nc2c(-c3ccccc3)[nH]c3ccccc23)c1. The van der Waals surface area contributed by atoms with Crippen LogP contribution in [0, 0.1) is 0 Å². The highest BCUT2D eigenvalue weighted by atomic mass is 16.3. The van der Waals surface area contributed by atoms with Gasteiger partial charge in [-0.25, -0.2) is 0 Å². The van der Waals surface area contributed by atoms with Gasteiger partial charge >= 0.3 is 0 Å². The second kappa shape index (κ2) is 6.05. The molecule has 3 nitrogen and oxygen atoms in total. The maximum atomic E-state index is 9.61. The second-order valence-corrected chi connectivity index (χ2v) is 5.61. The van der Waals surface area contributed by atoms with Crippen LogP contribution in [0.25, 0.3) is 22.2 Å². The van der Waals surface area contributed by atoms with Gasteiger partial charge in [0.2, 0.25) is 0 Å². The summed E-state index contributed by atoms with van der Waals surface area (Å²) < 4.78 is 0. The number of aliphatic imine (C=N–C) groups is 1. The van der Waals surface area contributed by atoms with Crippen LogP contribution in [-0.4, -0.2) is 16.3 Å². The van der Waals surface area contributed by atoms with Crippen molar-refractivity contribution in [3.05, 3.63) is 84.4 Å². The van der Waals surface area contributed by atoms with E-state index in [4.69, 9.17) is 4.99 Å². The molecule has 0 saturated heterocycles. The first-order valence-electron chi connectivity index (χ1n) is 7.80. The van der Waals surface area contributed by atoms with Crippen molar-refractivity contribution in [1.29, 1.82) is 0 Å². The lowest BCUT2D eigenvalue weighted by molar-refractivity contribution is 0.475. The molecule has 116 valence electrons. The largest absolute Gasteiger partial charge is 0.508 e. The Balaban J connectivity index is 1.87. The molecule has 1 heterocycles. The molecule has 1 aromatic heterocycles. The number of nitrogens with one attached hydrogen (secondary N) is 1. The highest BCUT2D eigenvalue weighted by molar-refractivity contribution is 6.01. The number of nitrogens with zero attached hydrogens (tertiary/aromatic N) is 1. The molecule has 0 aliphatic carbocycles. The molecule has 24 heavy (non-hydrogen) atoms. The fourth-order valence-corrected chi connectivity index (χ4v) is 2.82. The van der Waals surface area contributed by atoms with E-state index in [0.717, 1.165) is 33.4 Å². The fourth-order valence-electron chi connectivity index (χ4n) is 2.82. The Morgan fingerprint density at radius 1 is 0.833 bits per heavy atom. The zero-order valence-corrected chi connectivity index (χ0v) is 13.0. The molecular formula is C21H16N2O. The van der Waals surface area contributed by atoms with Crippen LogP contribution < -0.4 is 0 Å². The van der Waals surface area contributed by atoms with Gasteiger partial charge in [-0.1, -0.05) is 60.7 Å². The van der Waals surface area contributed by atoms with E-state index in [0.29, 0.717) is 0 Å². The Labute approximate surface area is 139 Å². The summed E-state index contributed by atoms with van der Waals surface area (Å²) in [7, 11) is 0. The van der Waals surface area contributed by atoms with Crippen LogP contribution in [0.3, 0.4) is 0 Å². The number of hydrogen-bond acceptors (Lipinski definition) is 2. The first-order chi connectivity index (χ1) is 11.8. The molecule has 0 spiro atoms. The van der Waals surface area contributed by atoms with E-state index < -0.39 is 0 Å². The van der Waals surface area contributed by atoms with Gasteiger partial charge in [-0.05, 0) is 23.8 Å². The first-order valence-corrected chi connectivity index (χ1v) is 7.80. The van der Waals surface area contributed by atoms with Crippen molar-refractivity contribution < 1.29 is 5.11 Å². The molecule has 4 rings (SSSR count). The lowest BCUT2D eigenvalue weighted by atomic mass is 10.1. The summed E-state index contributed by atoms with van der Waals surface area (Å²) in [6, 6.07) is 25.4. The Morgan fingerprint density at radius 3 is 2.46 bits per heavy atom. The molecular weight excluding hydrogens is 296 g/mol. The van der Waals surface area contributed by atoms with E-state index in [1.54, 1.807) is 18.3 Å². The van der Waals surface area contributed by atoms with Gasteiger partial charge in [0.25, 0.3) is 0 Å². The number of benzene rings is 3. The number of H-pyrrole nitrogens is 1. The molecule has 3 heteroatoms. The fraction of sp³-hybridized carbons (Fsp3) is 0. The van der Waals surface area contributed by atoms with E-state index in [-0.39, 0.29) is 5.75 Å². The van der Waals surface area contributed by atoms with Crippen molar-refractivity contribution in [2.24, 2.45) is 4.99 Å². The number of phenolic OH excluding ortho intramolecular Hbond substituents is 1. The molecule has 2 N–H and O–H groups in total. The summed E-state index contributed by atoms with van der Waals surface area (Å²) >= 11 is 0. The van der Waals surface area contributed by atoms with Crippen molar-refractivity contribution in [2.75, 3.05) is 0 Å². The number of fused-ring (bicyclic) bond motifs is 1. The predicted octanol–water partition coefficient (Wildman–Crippen LogP) is 5.29. The third-order valence-electron chi connectivity index (χ3n) is 3.95. The van der Waals surface area contributed by atoms with Gasteiger partial charge in [0.05, 0.1) is 11.4 Å². The average molecular weight is 312 g/mol. The molecule has 0 saturated carbocycles. The minimum atomic E-state index is 0.237. The third kappa shape index (κ3) is 2.68. The minimum Gasteiger partial charge on any atom is -0.508 e. The van der Waals surface area contributed by atoms with E-state index in [2.05, 4.69) is 29.2 Å². The summed E-state index contributed by atoms with van der Waals surface area (Å²) in [5.74, 6) is 0.237. The summed E-state index contributed by atoms with van der Waals surface area (Å²) in [4.78, 5) is 8.18. The Morgan fingerprint density at radius 2 is 1.62 bits per heavy atom. The third-order valence-corrected chi connectivity index (χ3v) is 3.95. The molecule has 3 aromatic carbocycles. The topological polar surface area (TPSA) is 48.4 Å². The summed E-state index contributed by atoms with van der Waals surface area (Å²) in [5, 5.41) is 10.7. The Bertz CT molecular complexity index is 1020. The van der Waals surface area contributed by atoms with Crippen LogP contribution in [0.1, 0.15) is 5.56 Å². The maximum Gasteiger partial charge on any atom is 0.116 e. The van der Waals surface area contributed by atoms with Gasteiger partial charge in [-0.2, -0.15) is 0 Å². The number of aromatic amines is 1. The lowest BCUT2D eigenvalue weighted by Crippen LogP contribution is -1.81. The summed E-state index contributed by atoms with van der Waals surface area (Å²) in [5.41, 5.74) is 4.91. The standard InChI is InChI=1S/C21H16N2O/c24-17-10-6-7-15(13-17)14-22-21-18-11-4-5-12-19(18)23-20(21)16-8-2-1-3-9-16/h1-14,23-24H. The van der Waals surface area contributed by atoms with Crippen LogP contribution in [0.15, 0.2) is 83.9 Å². The van der Waals surface area contributed by atoms with E-state index in [1.165, 1.54) is 0 Å². The Kier molecular flexibility index (Phi) is 3.60. The molecule has 0 aliphatic heterocycles. The number of hydrogen-bond donors (Lipinski definition) is 2. The highest BCUT2D eigenvalue weighted by Crippen LogP contribution is 2.37. The van der Waals surface area contributed by atoms with Crippen LogP contribution in [-0.2, 0) is 0 Å². The van der Waals surface area contributed by atoms with Gasteiger partial charge in [0.15, 0.2) is 0 Å². The second-order valence-electron chi connectivity index (χ2n) is 5.61. The van der Waals surface area contributed by atoms with Crippen LogP contribution in [0.2, 0.25) is 0 Å². The number of para-hydroxylation sites is 1. The van der Waals surface area contributed by atoms with Crippen LogP contribution in [0.4, 0.5) is 5.69 Å². The smallest absolute Gasteiger partial charge is 0.116 e. The first kappa shape index (κ1) is 14.3. The molecule has 4 aromatic rings. The highest BCUT2D eigenvalue weighted by Gasteiger charge is 2.11. The van der Waals surface area contributed by atoms with Gasteiger partial charge in [0.1, 0.15) is 5.75 Å².